The number of likely N-dealkylation sites (N-methyl/N-ethyl adjacent to an activating group) is 1. The normalized spacial score (nSPS) is 29.1. The van der Waals surface area contributed by atoms with Crippen LogP contribution in [-0.2, 0) is 14.8 Å². The molecule has 3 rings (SSSR count). The fourth-order valence-electron chi connectivity index (χ4n) is 4.15. The summed E-state index contributed by atoms with van der Waals surface area (Å²) in [6.45, 7) is 8.38. The highest BCUT2D eigenvalue weighted by molar-refractivity contribution is 7.90. The topological polar surface area (TPSA) is 91.0 Å². The fourth-order valence-corrected chi connectivity index (χ4v) is 5.51. The summed E-state index contributed by atoms with van der Waals surface area (Å²) in [6, 6.07) is -0.630. The zero-order valence-electron chi connectivity index (χ0n) is 16.1. The predicted molar refractivity (Wildman–Crippen MR) is 99.5 cm³/mol. The van der Waals surface area contributed by atoms with Crippen LogP contribution in [0.1, 0.15) is 39.5 Å². The lowest BCUT2D eigenvalue weighted by Gasteiger charge is -2.52. The van der Waals surface area contributed by atoms with Gasteiger partial charge in [0.2, 0.25) is 10.0 Å². The summed E-state index contributed by atoms with van der Waals surface area (Å²) in [7, 11) is -1.61. The van der Waals surface area contributed by atoms with Crippen molar-refractivity contribution in [1.82, 2.24) is 19.8 Å². The van der Waals surface area contributed by atoms with Gasteiger partial charge in [-0.05, 0) is 46.6 Å². The van der Waals surface area contributed by atoms with Crippen molar-refractivity contribution in [3.05, 3.63) is 0 Å². The number of carbonyl (C=O) groups excluding carboxylic acids is 1. The number of carbonyl (C=O) groups is 1. The van der Waals surface area contributed by atoms with Crippen molar-refractivity contribution < 1.29 is 17.9 Å². The average Bonchev–Trinajstić information content (AvgIpc) is 2.88. The van der Waals surface area contributed by atoms with E-state index in [1.165, 1.54) is 0 Å². The third kappa shape index (κ3) is 4.32. The molecule has 2 amide bonds. The minimum absolute atomic E-state index is 0.0131. The molecule has 2 N–H and O–H groups in total. The molecule has 150 valence electrons. The molecule has 2 aliphatic heterocycles. The zero-order chi connectivity index (χ0) is 19.0. The lowest BCUT2D eigenvalue weighted by atomic mass is 9.74. The standard InChI is InChI=1S/C17H32N4O4S/c1-16(2)11-14(12-25-16)26(23,24)19-15(22)18-13-17(5-4-6-17)21-9-7-20(3)8-10-21/h14H,4-13H2,1-3H3,(H2,18,19,22). The van der Waals surface area contributed by atoms with Gasteiger partial charge in [0.1, 0.15) is 5.25 Å². The highest BCUT2D eigenvalue weighted by atomic mass is 32.2. The Bertz CT molecular complexity index is 625. The first-order chi connectivity index (χ1) is 12.1. The van der Waals surface area contributed by atoms with E-state index in [9.17, 15) is 13.2 Å². The molecule has 0 radical (unpaired) electrons. The highest BCUT2D eigenvalue weighted by Crippen LogP contribution is 2.37. The molecule has 26 heavy (non-hydrogen) atoms. The Morgan fingerprint density at radius 2 is 1.85 bits per heavy atom. The largest absolute Gasteiger partial charge is 0.374 e. The first-order valence-electron chi connectivity index (χ1n) is 9.49. The van der Waals surface area contributed by atoms with Crippen molar-refractivity contribution in [3.8, 4) is 0 Å². The van der Waals surface area contributed by atoms with Gasteiger partial charge in [-0.3, -0.25) is 4.90 Å². The third-order valence-electron chi connectivity index (χ3n) is 6.09. The molecule has 0 bridgehead atoms. The molecule has 9 heteroatoms. The molecule has 0 spiro atoms. The van der Waals surface area contributed by atoms with Crippen LogP contribution in [0.4, 0.5) is 4.79 Å². The van der Waals surface area contributed by atoms with Crippen LogP contribution in [0.3, 0.4) is 0 Å². The number of rotatable bonds is 5. The Morgan fingerprint density at radius 3 is 2.35 bits per heavy atom. The molecule has 2 saturated heterocycles. The summed E-state index contributed by atoms with van der Waals surface area (Å²) >= 11 is 0. The molecule has 0 aromatic heterocycles. The van der Waals surface area contributed by atoms with Crippen LogP contribution in [-0.4, -0.2) is 87.0 Å². The SMILES string of the molecule is CN1CCN(C2(CNC(=O)NS(=O)(=O)C3COC(C)(C)C3)CCC2)CC1. The zero-order valence-corrected chi connectivity index (χ0v) is 16.9. The van der Waals surface area contributed by atoms with Gasteiger partial charge in [0.15, 0.2) is 0 Å². The van der Waals surface area contributed by atoms with Crippen molar-refractivity contribution in [3.63, 3.8) is 0 Å². The minimum Gasteiger partial charge on any atom is -0.374 e. The quantitative estimate of drug-likeness (QED) is 0.706. The van der Waals surface area contributed by atoms with Crippen molar-refractivity contribution in [1.29, 1.82) is 0 Å². The maximum atomic E-state index is 12.4. The van der Waals surface area contributed by atoms with E-state index in [2.05, 4.69) is 26.9 Å². The van der Waals surface area contributed by atoms with Gasteiger partial charge in [-0.25, -0.2) is 17.9 Å². The summed E-state index contributed by atoms with van der Waals surface area (Å²) in [5.74, 6) is 0. The van der Waals surface area contributed by atoms with Crippen molar-refractivity contribution >= 4 is 16.1 Å². The molecule has 3 fully saturated rings. The summed E-state index contributed by atoms with van der Waals surface area (Å²) in [5.41, 5.74) is -0.478. The highest BCUT2D eigenvalue weighted by Gasteiger charge is 2.44. The van der Waals surface area contributed by atoms with Crippen LogP contribution in [0.15, 0.2) is 0 Å². The Kier molecular flexibility index (Phi) is 5.54. The first kappa shape index (κ1) is 19.9. The fraction of sp³-hybridized carbons (Fsp3) is 0.941. The lowest BCUT2D eigenvalue weighted by Crippen LogP contribution is -2.64. The number of amides is 2. The number of nitrogens with one attached hydrogen (secondary N) is 2. The van der Waals surface area contributed by atoms with E-state index < -0.39 is 26.9 Å². The first-order valence-corrected chi connectivity index (χ1v) is 11.0. The number of sulfonamides is 1. The number of ether oxygens (including phenoxy) is 1. The second-order valence-electron chi connectivity index (χ2n) is 8.59. The maximum Gasteiger partial charge on any atom is 0.328 e. The molecular formula is C17H32N4O4S. The van der Waals surface area contributed by atoms with Crippen LogP contribution in [0.5, 0.6) is 0 Å². The molecule has 1 aliphatic carbocycles. The second kappa shape index (κ2) is 7.26. The van der Waals surface area contributed by atoms with E-state index in [4.69, 9.17) is 4.74 Å². The molecule has 0 aromatic rings. The smallest absolute Gasteiger partial charge is 0.328 e. The van der Waals surface area contributed by atoms with Crippen LogP contribution in [0, 0.1) is 0 Å². The van der Waals surface area contributed by atoms with Crippen molar-refractivity contribution in [2.24, 2.45) is 0 Å². The molecule has 8 nitrogen and oxygen atoms in total. The van der Waals surface area contributed by atoms with Gasteiger partial charge in [-0.15, -0.1) is 0 Å². The van der Waals surface area contributed by atoms with Crippen molar-refractivity contribution in [2.45, 2.75) is 55.9 Å². The van der Waals surface area contributed by atoms with E-state index in [0.717, 1.165) is 45.4 Å². The Balaban J connectivity index is 1.51. The van der Waals surface area contributed by atoms with E-state index in [1.807, 2.05) is 13.8 Å². The number of nitrogens with zero attached hydrogens (tertiary/aromatic N) is 2. The summed E-state index contributed by atoms with van der Waals surface area (Å²) < 4.78 is 32.5. The van der Waals surface area contributed by atoms with Gasteiger partial charge >= 0.3 is 6.03 Å². The molecule has 1 saturated carbocycles. The number of urea groups is 1. The summed E-state index contributed by atoms with van der Waals surface area (Å²) in [6.07, 6.45) is 3.64. The Labute approximate surface area is 156 Å². The van der Waals surface area contributed by atoms with Gasteiger partial charge < -0.3 is 15.0 Å². The average molecular weight is 389 g/mol. The van der Waals surface area contributed by atoms with Gasteiger partial charge in [-0.1, -0.05) is 0 Å². The van der Waals surface area contributed by atoms with E-state index in [0.29, 0.717) is 13.0 Å². The number of piperazine rings is 1. The number of hydrogen-bond acceptors (Lipinski definition) is 6. The third-order valence-corrected chi connectivity index (χ3v) is 7.74. The molecule has 1 atom stereocenters. The molecule has 2 heterocycles. The summed E-state index contributed by atoms with van der Waals surface area (Å²) in [5, 5.41) is 2.13. The Hall–Kier alpha value is -0.900. The predicted octanol–water partition coefficient (Wildman–Crippen LogP) is 0.353. The van der Waals surface area contributed by atoms with Crippen LogP contribution in [0.25, 0.3) is 0 Å². The maximum absolute atomic E-state index is 12.4. The van der Waals surface area contributed by atoms with Gasteiger partial charge in [0, 0.05) is 38.3 Å². The molecule has 1 unspecified atom stereocenters. The second-order valence-corrected chi connectivity index (χ2v) is 10.6. The summed E-state index contributed by atoms with van der Waals surface area (Å²) in [4.78, 5) is 17.0. The molecular weight excluding hydrogens is 356 g/mol. The lowest BCUT2D eigenvalue weighted by molar-refractivity contribution is -0.0112. The van der Waals surface area contributed by atoms with Crippen LogP contribution < -0.4 is 10.0 Å². The molecule has 0 aromatic carbocycles. The minimum atomic E-state index is -3.73. The van der Waals surface area contributed by atoms with Crippen LogP contribution in [0.2, 0.25) is 0 Å². The van der Waals surface area contributed by atoms with E-state index in [-0.39, 0.29) is 12.1 Å². The number of hydrogen-bond donors (Lipinski definition) is 2. The molecule has 3 aliphatic rings. The van der Waals surface area contributed by atoms with Gasteiger partial charge in [0.05, 0.1) is 12.2 Å². The van der Waals surface area contributed by atoms with Crippen molar-refractivity contribution in [2.75, 3.05) is 46.4 Å². The Morgan fingerprint density at radius 1 is 1.19 bits per heavy atom. The van der Waals surface area contributed by atoms with E-state index in [1.54, 1.807) is 0 Å². The monoisotopic (exact) mass is 388 g/mol. The van der Waals surface area contributed by atoms with Gasteiger partial charge in [-0.2, -0.15) is 0 Å². The van der Waals surface area contributed by atoms with Gasteiger partial charge in [0.25, 0.3) is 0 Å². The van der Waals surface area contributed by atoms with Crippen LogP contribution >= 0.6 is 0 Å². The van der Waals surface area contributed by atoms with E-state index >= 15 is 0 Å².